The van der Waals surface area contributed by atoms with Crippen molar-refractivity contribution in [3.63, 3.8) is 0 Å². The number of carboxylic acid groups (broad SMARTS) is 1. The van der Waals surface area contributed by atoms with Crippen LogP contribution in [0.1, 0.15) is 39.0 Å². The summed E-state index contributed by atoms with van der Waals surface area (Å²) < 4.78 is 38.8. The SMILES string of the molecule is O=C(O)c1ccc(CC(/C=C/c2cc(F)ccc2OCc2ccccc2F)CCc2ccc(-c3noc(=O)[nH]3)cc2)cc1. The van der Waals surface area contributed by atoms with Crippen LogP contribution in [0, 0.1) is 17.6 Å². The first-order valence-corrected chi connectivity index (χ1v) is 13.7. The number of carbonyl (C=O) groups is 1. The molecule has 9 heteroatoms. The Kier molecular flexibility index (Phi) is 9.21. The molecule has 0 radical (unpaired) electrons. The third-order valence-electron chi connectivity index (χ3n) is 7.03. The summed E-state index contributed by atoms with van der Waals surface area (Å²) in [4.78, 5) is 25.1. The van der Waals surface area contributed by atoms with Crippen molar-refractivity contribution in [2.24, 2.45) is 5.92 Å². The maximum absolute atomic E-state index is 14.2. The van der Waals surface area contributed by atoms with E-state index < -0.39 is 17.5 Å². The van der Waals surface area contributed by atoms with Gasteiger partial charge in [-0.3, -0.25) is 9.51 Å². The van der Waals surface area contributed by atoms with Crippen LogP contribution in [-0.2, 0) is 19.4 Å². The Hall–Kier alpha value is -5.31. The van der Waals surface area contributed by atoms with Gasteiger partial charge in [0.1, 0.15) is 24.0 Å². The van der Waals surface area contributed by atoms with E-state index in [4.69, 9.17) is 4.74 Å². The van der Waals surface area contributed by atoms with Crippen LogP contribution in [0.15, 0.2) is 106 Å². The zero-order valence-electron chi connectivity index (χ0n) is 23.0. The molecule has 5 aromatic rings. The van der Waals surface area contributed by atoms with Crippen molar-refractivity contribution in [2.75, 3.05) is 0 Å². The predicted octanol–water partition coefficient (Wildman–Crippen LogP) is 7.09. The van der Waals surface area contributed by atoms with Gasteiger partial charge in [-0.15, -0.1) is 0 Å². The largest absolute Gasteiger partial charge is 0.488 e. The van der Waals surface area contributed by atoms with Crippen LogP contribution in [0.5, 0.6) is 5.75 Å². The number of H-pyrrole nitrogens is 1. The topological polar surface area (TPSA) is 105 Å². The van der Waals surface area contributed by atoms with Gasteiger partial charge >= 0.3 is 11.7 Å². The average Bonchev–Trinajstić information content (AvgIpc) is 3.45. The number of aromatic nitrogens is 2. The van der Waals surface area contributed by atoms with Crippen molar-refractivity contribution >= 4 is 12.0 Å². The van der Waals surface area contributed by atoms with Gasteiger partial charge in [0.25, 0.3) is 0 Å². The quantitative estimate of drug-likeness (QED) is 0.163. The number of aromatic carboxylic acids is 1. The van der Waals surface area contributed by atoms with Gasteiger partial charge in [-0.25, -0.2) is 18.4 Å². The molecule has 1 atom stereocenters. The Morgan fingerprint density at radius 1 is 0.977 bits per heavy atom. The molecular formula is C34H28F2N2O5. The maximum atomic E-state index is 14.2. The first-order chi connectivity index (χ1) is 20.8. The van der Waals surface area contributed by atoms with Crippen molar-refractivity contribution < 1.29 is 27.9 Å². The van der Waals surface area contributed by atoms with Gasteiger partial charge in [-0.2, -0.15) is 0 Å². The molecule has 218 valence electrons. The van der Waals surface area contributed by atoms with Crippen molar-refractivity contribution in [2.45, 2.75) is 25.9 Å². The summed E-state index contributed by atoms with van der Waals surface area (Å²) in [7, 11) is 0. The van der Waals surface area contributed by atoms with Crippen molar-refractivity contribution in [1.29, 1.82) is 0 Å². The minimum absolute atomic E-state index is 0.00325. The molecule has 7 nitrogen and oxygen atoms in total. The Morgan fingerprint density at radius 3 is 2.42 bits per heavy atom. The Bertz CT molecular complexity index is 1780. The van der Waals surface area contributed by atoms with E-state index in [0.717, 1.165) is 29.5 Å². The fraction of sp³-hybridized carbons (Fsp3) is 0.147. The molecule has 0 amide bonds. The first kappa shape index (κ1) is 29.2. The minimum Gasteiger partial charge on any atom is -0.488 e. The molecule has 2 N–H and O–H groups in total. The molecule has 4 aromatic carbocycles. The van der Waals surface area contributed by atoms with E-state index in [9.17, 15) is 23.5 Å². The number of rotatable bonds is 12. The van der Waals surface area contributed by atoms with Crippen LogP contribution in [0.25, 0.3) is 17.5 Å². The molecule has 1 unspecified atom stereocenters. The second kappa shape index (κ2) is 13.6. The highest BCUT2D eigenvalue weighted by atomic mass is 19.1. The van der Waals surface area contributed by atoms with Crippen LogP contribution in [0.4, 0.5) is 8.78 Å². The second-order valence-corrected chi connectivity index (χ2v) is 10.1. The van der Waals surface area contributed by atoms with E-state index >= 15 is 0 Å². The molecule has 1 aromatic heterocycles. The highest BCUT2D eigenvalue weighted by Crippen LogP contribution is 2.26. The number of aromatic amines is 1. The number of nitrogens with one attached hydrogen (secondary N) is 1. The van der Waals surface area contributed by atoms with Crippen molar-refractivity contribution in [3.8, 4) is 17.1 Å². The van der Waals surface area contributed by atoms with E-state index in [1.807, 2.05) is 30.3 Å². The number of hydrogen-bond acceptors (Lipinski definition) is 5. The Morgan fingerprint density at radius 2 is 1.72 bits per heavy atom. The number of ether oxygens (including phenoxy) is 1. The summed E-state index contributed by atoms with van der Waals surface area (Å²) in [5, 5.41) is 13.0. The van der Waals surface area contributed by atoms with Crippen LogP contribution in [0.2, 0.25) is 0 Å². The molecule has 43 heavy (non-hydrogen) atoms. The average molecular weight is 583 g/mol. The smallest absolute Gasteiger partial charge is 0.439 e. The zero-order valence-corrected chi connectivity index (χ0v) is 23.0. The lowest BCUT2D eigenvalue weighted by Crippen LogP contribution is -2.05. The lowest BCUT2D eigenvalue weighted by molar-refractivity contribution is 0.0697. The molecule has 0 saturated heterocycles. The summed E-state index contributed by atoms with van der Waals surface area (Å²) in [6.45, 7) is -0.00325. The van der Waals surface area contributed by atoms with Gasteiger partial charge < -0.3 is 9.84 Å². The predicted molar refractivity (Wildman–Crippen MR) is 158 cm³/mol. The van der Waals surface area contributed by atoms with Crippen LogP contribution in [0.3, 0.4) is 0 Å². The minimum atomic E-state index is -0.991. The number of carboxylic acids is 1. The summed E-state index contributed by atoms with van der Waals surface area (Å²) in [6.07, 6.45) is 5.87. The summed E-state index contributed by atoms with van der Waals surface area (Å²) in [6, 6.07) is 24.9. The van der Waals surface area contributed by atoms with Gasteiger partial charge in [0.15, 0.2) is 5.82 Å². The molecule has 0 spiro atoms. The Labute approximate surface area is 246 Å². The van der Waals surface area contributed by atoms with Crippen molar-refractivity contribution in [3.05, 3.63) is 147 Å². The molecule has 0 saturated carbocycles. The summed E-state index contributed by atoms with van der Waals surface area (Å²) in [5.41, 5.74) is 3.87. The third-order valence-corrected chi connectivity index (χ3v) is 7.03. The van der Waals surface area contributed by atoms with E-state index in [2.05, 4.69) is 14.7 Å². The normalized spacial score (nSPS) is 12.0. The molecular weight excluding hydrogens is 554 g/mol. The summed E-state index contributed by atoms with van der Waals surface area (Å²) >= 11 is 0. The van der Waals surface area contributed by atoms with Crippen molar-refractivity contribution in [1.82, 2.24) is 10.1 Å². The standard InChI is InChI=1S/C34H28F2N2O5/c35-29-17-18-31(42-21-28-3-1-2-4-30(28)36)27(20-29)16-11-23(19-24-9-14-26(15-10-24)33(39)40)6-5-22-7-12-25(13-8-22)32-37-34(41)43-38-32/h1-4,7-18,20,23H,5-6,19,21H2,(H,39,40)(H,37,38,41)/b16-11+. The first-order valence-electron chi connectivity index (χ1n) is 13.7. The lowest BCUT2D eigenvalue weighted by Gasteiger charge is -2.15. The van der Waals surface area contributed by atoms with Gasteiger partial charge in [-0.05, 0) is 72.7 Å². The van der Waals surface area contributed by atoms with E-state index in [0.29, 0.717) is 29.1 Å². The molecule has 0 aliphatic carbocycles. The lowest BCUT2D eigenvalue weighted by atomic mass is 9.91. The molecule has 0 aliphatic rings. The number of halogens is 2. The second-order valence-electron chi connectivity index (χ2n) is 10.1. The highest BCUT2D eigenvalue weighted by molar-refractivity contribution is 5.87. The van der Waals surface area contributed by atoms with Gasteiger partial charge in [0.05, 0.1) is 5.56 Å². The molecule has 0 aliphatic heterocycles. The van der Waals surface area contributed by atoms with Gasteiger partial charge in [0.2, 0.25) is 0 Å². The molecule has 0 bridgehead atoms. The van der Waals surface area contributed by atoms with Gasteiger partial charge in [-0.1, -0.05) is 71.9 Å². The van der Waals surface area contributed by atoms with Crippen LogP contribution >= 0.6 is 0 Å². The maximum Gasteiger partial charge on any atom is 0.439 e. The van der Waals surface area contributed by atoms with E-state index in [1.54, 1.807) is 48.5 Å². The summed E-state index contributed by atoms with van der Waals surface area (Å²) in [5.74, 6) is -1.63. The number of hydrogen-bond donors (Lipinski definition) is 2. The Balaban J connectivity index is 1.34. The third kappa shape index (κ3) is 7.91. The molecule has 1 heterocycles. The molecule has 0 fully saturated rings. The monoisotopic (exact) mass is 582 g/mol. The van der Waals surface area contributed by atoms with Crippen LogP contribution < -0.4 is 10.5 Å². The number of allylic oxidation sites excluding steroid dienone is 1. The zero-order chi connectivity index (χ0) is 30.2. The molecule has 5 rings (SSSR count). The number of aryl methyl sites for hydroxylation is 1. The highest BCUT2D eigenvalue weighted by Gasteiger charge is 2.12. The number of benzene rings is 4. The fourth-order valence-electron chi connectivity index (χ4n) is 4.68. The fourth-order valence-corrected chi connectivity index (χ4v) is 4.68. The number of nitrogens with zero attached hydrogens (tertiary/aromatic N) is 1. The van der Waals surface area contributed by atoms with Gasteiger partial charge in [0, 0.05) is 16.7 Å². The van der Waals surface area contributed by atoms with E-state index in [1.165, 1.54) is 24.3 Å². The van der Waals surface area contributed by atoms with Crippen LogP contribution in [-0.4, -0.2) is 21.2 Å². The van der Waals surface area contributed by atoms with E-state index in [-0.39, 0.29) is 23.9 Å².